The number of halogens is 6. The van der Waals surface area contributed by atoms with Gasteiger partial charge in [0.25, 0.3) is 0 Å². The van der Waals surface area contributed by atoms with Crippen molar-refractivity contribution in [3.05, 3.63) is 89.3 Å². The number of aryl methyl sites for hydroxylation is 1. The van der Waals surface area contributed by atoms with Crippen LogP contribution in [0, 0.1) is 17.5 Å². The van der Waals surface area contributed by atoms with Gasteiger partial charge in [0.15, 0.2) is 0 Å². The van der Waals surface area contributed by atoms with Gasteiger partial charge in [-0.1, -0.05) is 49.7 Å². The number of alkyl halides is 3. The van der Waals surface area contributed by atoms with E-state index in [4.69, 9.17) is 0 Å². The Morgan fingerprint density at radius 2 is 1.33 bits per heavy atom. The van der Waals surface area contributed by atoms with E-state index in [1.54, 1.807) is 30.3 Å². The van der Waals surface area contributed by atoms with Crippen LogP contribution in [0.4, 0.5) is 26.3 Å². The van der Waals surface area contributed by atoms with E-state index in [2.05, 4.69) is 0 Å². The third-order valence-corrected chi connectivity index (χ3v) is 4.62. The van der Waals surface area contributed by atoms with Crippen molar-refractivity contribution < 1.29 is 26.3 Å². The second-order valence-electron chi connectivity index (χ2n) is 6.87. The summed E-state index contributed by atoms with van der Waals surface area (Å²) in [6.07, 6.45) is -2.84. The van der Waals surface area contributed by atoms with Crippen LogP contribution < -0.4 is 0 Å². The van der Waals surface area contributed by atoms with Crippen LogP contribution in [-0.2, 0) is 6.42 Å². The zero-order valence-corrected chi connectivity index (χ0v) is 16.0. The molecule has 3 rings (SSSR count). The van der Waals surface area contributed by atoms with E-state index in [1.807, 2.05) is 13.0 Å². The van der Waals surface area contributed by atoms with E-state index in [-0.39, 0.29) is 17.5 Å². The molecule has 0 nitrogen and oxygen atoms in total. The summed E-state index contributed by atoms with van der Waals surface area (Å²) in [5.74, 6) is -2.56. The van der Waals surface area contributed by atoms with E-state index in [0.29, 0.717) is 22.8 Å². The van der Waals surface area contributed by atoms with Crippen LogP contribution in [0.15, 0.2) is 60.7 Å². The predicted octanol–water partition coefficient (Wildman–Crippen LogP) is 7.97. The van der Waals surface area contributed by atoms with E-state index in [9.17, 15) is 26.3 Å². The van der Waals surface area contributed by atoms with Crippen molar-refractivity contribution in [2.75, 3.05) is 0 Å². The van der Waals surface area contributed by atoms with Gasteiger partial charge in [0.05, 0.1) is 0 Å². The monoisotopic (exact) mass is 420 g/mol. The maximum Gasteiger partial charge on any atom is 0.409 e. The average molecular weight is 420 g/mol. The largest absolute Gasteiger partial charge is 0.409 e. The lowest BCUT2D eigenvalue weighted by Gasteiger charge is -2.09. The van der Waals surface area contributed by atoms with Crippen molar-refractivity contribution in [1.29, 1.82) is 0 Å². The Kier molecular flexibility index (Phi) is 6.34. The standard InChI is InChI=1S/C24H18F6/c1-2-3-15-4-9-19(21(25)12-15)17-7-5-16(6-8-17)18-13-22(26)20(23(27)14-18)10-11-24(28,29)30/h4-14H,2-3H2,1H3/b11-10+. The molecule has 0 N–H and O–H groups in total. The predicted molar refractivity (Wildman–Crippen MR) is 106 cm³/mol. The molecule has 0 bridgehead atoms. The summed E-state index contributed by atoms with van der Waals surface area (Å²) in [4.78, 5) is 0. The highest BCUT2D eigenvalue weighted by molar-refractivity contribution is 5.72. The SMILES string of the molecule is CCCc1ccc(-c2ccc(-c3cc(F)c(/C=C/C(F)(F)F)c(F)c3)cc2)c(F)c1. The van der Waals surface area contributed by atoms with Crippen LogP contribution in [0.25, 0.3) is 28.3 Å². The average Bonchev–Trinajstić information content (AvgIpc) is 2.67. The second kappa shape index (κ2) is 8.78. The Labute approximate surface area is 170 Å². The van der Waals surface area contributed by atoms with Gasteiger partial charge in [-0.15, -0.1) is 0 Å². The van der Waals surface area contributed by atoms with Gasteiger partial charge in [0.2, 0.25) is 0 Å². The lowest BCUT2D eigenvalue weighted by atomic mass is 9.97. The van der Waals surface area contributed by atoms with Crippen LogP contribution in [0.3, 0.4) is 0 Å². The van der Waals surface area contributed by atoms with Crippen LogP contribution in [0.5, 0.6) is 0 Å². The summed E-state index contributed by atoms with van der Waals surface area (Å²) in [5, 5.41) is 0. The maximum atomic E-state index is 14.4. The van der Waals surface area contributed by atoms with Gasteiger partial charge in [0.1, 0.15) is 17.5 Å². The van der Waals surface area contributed by atoms with Gasteiger partial charge < -0.3 is 0 Å². The molecule has 3 aromatic rings. The number of hydrogen-bond acceptors (Lipinski definition) is 0. The number of allylic oxidation sites excluding steroid dienone is 1. The molecule has 0 spiro atoms. The lowest BCUT2D eigenvalue weighted by molar-refractivity contribution is -0.0790. The van der Waals surface area contributed by atoms with Gasteiger partial charge in [-0.2, -0.15) is 13.2 Å². The van der Waals surface area contributed by atoms with Gasteiger partial charge >= 0.3 is 6.18 Å². The minimum Gasteiger partial charge on any atom is -0.206 e. The van der Waals surface area contributed by atoms with E-state index < -0.39 is 23.4 Å². The first-order valence-electron chi connectivity index (χ1n) is 9.32. The summed E-state index contributed by atoms with van der Waals surface area (Å²) in [5.41, 5.74) is 1.77. The lowest BCUT2D eigenvalue weighted by Crippen LogP contribution is -2.01. The quantitative estimate of drug-likeness (QED) is 0.367. The van der Waals surface area contributed by atoms with Crippen molar-refractivity contribution in [3.63, 3.8) is 0 Å². The van der Waals surface area contributed by atoms with Crippen LogP contribution >= 0.6 is 0 Å². The Morgan fingerprint density at radius 3 is 1.87 bits per heavy atom. The molecule has 0 radical (unpaired) electrons. The number of rotatable bonds is 5. The van der Waals surface area contributed by atoms with Crippen LogP contribution in [-0.4, -0.2) is 6.18 Å². The fourth-order valence-corrected chi connectivity index (χ4v) is 3.17. The molecule has 0 unspecified atom stereocenters. The molecule has 0 saturated heterocycles. The summed E-state index contributed by atoms with van der Waals surface area (Å²) < 4.78 is 79.5. The van der Waals surface area contributed by atoms with Gasteiger partial charge in [-0.25, -0.2) is 13.2 Å². The third-order valence-electron chi connectivity index (χ3n) is 4.62. The molecule has 0 fully saturated rings. The Hall–Kier alpha value is -3.02. The molecular formula is C24H18F6. The topological polar surface area (TPSA) is 0 Å². The van der Waals surface area contributed by atoms with E-state index >= 15 is 0 Å². The zero-order valence-electron chi connectivity index (χ0n) is 16.0. The third kappa shape index (κ3) is 5.12. The molecular weight excluding hydrogens is 402 g/mol. The minimum atomic E-state index is -4.67. The Bertz CT molecular complexity index is 1040. The summed E-state index contributed by atoms with van der Waals surface area (Å²) in [6.45, 7) is 2.01. The molecule has 30 heavy (non-hydrogen) atoms. The van der Waals surface area contributed by atoms with Crippen LogP contribution in [0.2, 0.25) is 0 Å². The Morgan fingerprint density at radius 1 is 0.733 bits per heavy atom. The fraction of sp³-hybridized carbons (Fsp3) is 0.167. The molecule has 156 valence electrons. The number of benzene rings is 3. The molecule has 0 aliphatic rings. The molecule has 0 amide bonds. The first kappa shape index (κ1) is 21.7. The van der Waals surface area contributed by atoms with Crippen LogP contribution in [0.1, 0.15) is 24.5 Å². The van der Waals surface area contributed by atoms with Crippen molar-refractivity contribution in [3.8, 4) is 22.3 Å². The van der Waals surface area contributed by atoms with Gasteiger partial charge in [-0.3, -0.25) is 0 Å². The Balaban J connectivity index is 1.89. The normalized spacial score (nSPS) is 12.0. The molecule has 0 aromatic heterocycles. The minimum absolute atomic E-state index is 0.166. The van der Waals surface area contributed by atoms with E-state index in [0.717, 1.165) is 30.5 Å². The smallest absolute Gasteiger partial charge is 0.206 e. The second-order valence-corrected chi connectivity index (χ2v) is 6.87. The highest BCUT2D eigenvalue weighted by atomic mass is 19.4. The molecule has 0 heterocycles. The van der Waals surface area contributed by atoms with Gasteiger partial charge in [0, 0.05) is 17.2 Å². The zero-order chi connectivity index (χ0) is 21.9. The molecule has 0 aliphatic heterocycles. The fourth-order valence-electron chi connectivity index (χ4n) is 3.17. The first-order valence-corrected chi connectivity index (χ1v) is 9.32. The first-order chi connectivity index (χ1) is 14.2. The summed E-state index contributed by atoms with van der Waals surface area (Å²) in [7, 11) is 0. The summed E-state index contributed by atoms with van der Waals surface area (Å²) in [6, 6.07) is 13.4. The maximum absolute atomic E-state index is 14.4. The van der Waals surface area contributed by atoms with Crippen molar-refractivity contribution in [2.24, 2.45) is 0 Å². The highest BCUT2D eigenvalue weighted by Crippen LogP contribution is 2.30. The highest BCUT2D eigenvalue weighted by Gasteiger charge is 2.23. The van der Waals surface area contributed by atoms with Crippen molar-refractivity contribution >= 4 is 6.08 Å². The van der Waals surface area contributed by atoms with Crippen molar-refractivity contribution in [2.45, 2.75) is 25.9 Å². The molecule has 3 aromatic carbocycles. The number of hydrogen-bond donors (Lipinski definition) is 0. The molecule has 6 heteroatoms. The van der Waals surface area contributed by atoms with Crippen molar-refractivity contribution in [1.82, 2.24) is 0 Å². The molecule has 0 saturated carbocycles. The van der Waals surface area contributed by atoms with Gasteiger partial charge in [-0.05, 0) is 52.9 Å². The summed E-state index contributed by atoms with van der Waals surface area (Å²) >= 11 is 0. The van der Waals surface area contributed by atoms with E-state index in [1.165, 1.54) is 6.07 Å². The molecule has 0 atom stereocenters. The molecule has 0 aliphatic carbocycles.